The zero-order valence-corrected chi connectivity index (χ0v) is 20.6. The molecule has 0 spiro atoms. The topological polar surface area (TPSA) is 0 Å². The van der Waals surface area contributed by atoms with Gasteiger partial charge in [-0.25, -0.2) is 0 Å². The number of allylic oxidation sites excluding steroid dienone is 4. The standard InChI is InChI=1S/C16H19.C16H18/c1-12-5-4-6-15(9-12)11-16-8-7-13(2)14(3)10-16;1-12-5-4-6-15(9-12)11-16-10-13(2)7-8-14(16)3/h4-10,12H,11H2,1-3H3;4-10H,11H2,1-3H3. The van der Waals surface area contributed by atoms with E-state index in [2.05, 4.69) is 127 Å². The molecule has 0 N–H and O–H groups in total. The largest absolute Gasteiger partial charge is 0.0800 e. The number of rotatable bonds is 4. The fourth-order valence-corrected chi connectivity index (χ4v) is 4.10. The molecule has 0 amide bonds. The maximum absolute atomic E-state index is 2.34. The summed E-state index contributed by atoms with van der Waals surface area (Å²) in [6, 6.07) is 22.2. The van der Waals surface area contributed by atoms with E-state index < -0.39 is 0 Å². The molecule has 165 valence electrons. The van der Waals surface area contributed by atoms with E-state index in [1.165, 1.54) is 50.1 Å². The van der Waals surface area contributed by atoms with Crippen molar-refractivity contribution in [1.29, 1.82) is 0 Å². The molecule has 0 heterocycles. The number of aryl methyl sites for hydroxylation is 5. The minimum Gasteiger partial charge on any atom is -0.0800 e. The molecule has 0 nitrogen and oxygen atoms in total. The molecule has 0 aliphatic heterocycles. The molecular formula is C32H37. The van der Waals surface area contributed by atoms with Crippen LogP contribution in [-0.2, 0) is 12.8 Å². The van der Waals surface area contributed by atoms with Crippen LogP contribution < -0.4 is 0 Å². The van der Waals surface area contributed by atoms with Gasteiger partial charge in [-0.05, 0) is 98.8 Å². The quantitative estimate of drug-likeness (QED) is 0.397. The Morgan fingerprint density at radius 1 is 0.656 bits per heavy atom. The van der Waals surface area contributed by atoms with Crippen molar-refractivity contribution in [2.75, 3.05) is 0 Å². The van der Waals surface area contributed by atoms with Gasteiger partial charge in [0.25, 0.3) is 0 Å². The molecule has 0 aromatic heterocycles. The van der Waals surface area contributed by atoms with E-state index in [0.29, 0.717) is 5.92 Å². The second kappa shape index (κ2) is 11.1. The summed E-state index contributed by atoms with van der Waals surface area (Å²) in [6.07, 6.45) is 11.0. The number of hydrogen-bond donors (Lipinski definition) is 0. The van der Waals surface area contributed by atoms with Crippen LogP contribution in [0.2, 0.25) is 0 Å². The first-order valence-electron chi connectivity index (χ1n) is 11.7. The van der Waals surface area contributed by atoms with Crippen LogP contribution in [0.4, 0.5) is 0 Å². The van der Waals surface area contributed by atoms with Gasteiger partial charge < -0.3 is 0 Å². The molecule has 3 aromatic carbocycles. The molecule has 1 aliphatic rings. The van der Waals surface area contributed by atoms with Gasteiger partial charge in [-0.2, -0.15) is 0 Å². The highest BCUT2D eigenvalue weighted by atomic mass is 14.1. The predicted molar refractivity (Wildman–Crippen MR) is 140 cm³/mol. The van der Waals surface area contributed by atoms with E-state index in [-0.39, 0.29) is 0 Å². The third-order valence-electron chi connectivity index (χ3n) is 6.16. The molecule has 0 saturated carbocycles. The van der Waals surface area contributed by atoms with Crippen molar-refractivity contribution in [2.45, 2.75) is 54.4 Å². The van der Waals surface area contributed by atoms with E-state index in [4.69, 9.17) is 0 Å². The Balaban J connectivity index is 0.000000181. The molecule has 0 fully saturated rings. The molecule has 1 unspecified atom stereocenters. The first kappa shape index (κ1) is 23.8. The normalized spacial score (nSPS) is 15.1. The van der Waals surface area contributed by atoms with Gasteiger partial charge in [0.15, 0.2) is 0 Å². The Labute approximate surface area is 195 Å². The Morgan fingerprint density at radius 3 is 2.09 bits per heavy atom. The van der Waals surface area contributed by atoms with Gasteiger partial charge in [0.2, 0.25) is 0 Å². The van der Waals surface area contributed by atoms with E-state index in [9.17, 15) is 0 Å². The van der Waals surface area contributed by atoms with Crippen molar-refractivity contribution < 1.29 is 0 Å². The van der Waals surface area contributed by atoms with Crippen LogP contribution in [0.5, 0.6) is 0 Å². The van der Waals surface area contributed by atoms with Crippen LogP contribution in [0.1, 0.15) is 51.4 Å². The molecule has 0 heteroatoms. The van der Waals surface area contributed by atoms with Crippen LogP contribution in [0, 0.1) is 47.0 Å². The summed E-state index contributed by atoms with van der Waals surface area (Å²) >= 11 is 0. The summed E-state index contributed by atoms with van der Waals surface area (Å²) in [6.45, 7) is 13.1. The maximum atomic E-state index is 2.34. The minimum absolute atomic E-state index is 0.576. The maximum Gasteiger partial charge on any atom is -0.00230 e. The Hall–Kier alpha value is -2.86. The smallest absolute Gasteiger partial charge is 0.00230 e. The van der Waals surface area contributed by atoms with Gasteiger partial charge in [-0.15, -0.1) is 0 Å². The van der Waals surface area contributed by atoms with E-state index in [1.54, 1.807) is 0 Å². The zero-order valence-electron chi connectivity index (χ0n) is 20.6. The lowest BCUT2D eigenvalue weighted by Crippen LogP contribution is -1.99. The fourth-order valence-electron chi connectivity index (χ4n) is 4.10. The van der Waals surface area contributed by atoms with Crippen LogP contribution in [0.3, 0.4) is 0 Å². The first-order chi connectivity index (χ1) is 15.3. The lowest BCUT2D eigenvalue weighted by Gasteiger charge is -2.12. The summed E-state index contributed by atoms with van der Waals surface area (Å²) in [5.41, 5.74) is 12.5. The third kappa shape index (κ3) is 7.09. The summed E-state index contributed by atoms with van der Waals surface area (Å²) in [5.74, 6) is 0.576. The highest BCUT2D eigenvalue weighted by Gasteiger charge is 2.06. The summed E-state index contributed by atoms with van der Waals surface area (Å²) < 4.78 is 0. The fraction of sp³-hybridized carbons (Fsp3) is 0.281. The average Bonchev–Trinajstić information content (AvgIpc) is 2.74. The highest BCUT2D eigenvalue weighted by Crippen LogP contribution is 2.20. The minimum atomic E-state index is 0.576. The molecule has 1 radical (unpaired) electrons. The second-order valence-electron chi connectivity index (χ2n) is 9.34. The van der Waals surface area contributed by atoms with Crippen LogP contribution in [0.15, 0.2) is 84.5 Å². The predicted octanol–water partition coefficient (Wildman–Crippen LogP) is 8.39. The SMILES string of the molecule is Cc1ccc(CC2=CC(C)[CH]C=C2)cc1C.Cc1cccc(Cc2cc(C)ccc2C)c1. The molecule has 0 bridgehead atoms. The summed E-state index contributed by atoms with van der Waals surface area (Å²) in [5, 5.41) is 0. The van der Waals surface area contributed by atoms with Crippen LogP contribution >= 0.6 is 0 Å². The Morgan fingerprint density at radius 2 is 1.38 bits per heavy atom. The van der Waals surface area contributed by atoms with Crippen molar-refractivity contribution >= 4 is 0 Å². The lowest BCUT2D eigenvalue weighted by molar-refractivity contribution is 0.858. The van der Waals surface area contributed by atoms with Crippen molar-refractivity contribution in [3.63, 3.8) is 0 Å². The second-order valence-corrected chi connectivity index (χ2v) is 9.34. The Bertz CT molecular complexity index is 1110. The summed E-state index contributed by atoms with van der Waals surface area (Å²) in [4.78, 5) is 0. The molecule has 4 rings (SSSR count). The highest BCUT2D eigenvalue weighted by molar-refractivity contribution is 5.37. The van der Waals surface area contributed by atoms with Gasteiger partial charge in [0, 0.05) is 0 Å². The number of hydrogen-bond acceptors (Lipinski definition) is 0. The molecule has 3 aromatic rings. The lowest BCUT2D eigenvalue weighted by atomic mass is 9.93. The van der Waals surface area contributed by atoms with Crippen molar-refractivity contribution in [3.8, 4) is 0 Å². The number of benzene rings is 3. The van der Waals surface area contributed by atoms with E-state index >= 15 is 0 Å². The van der Waals surface area contributed by atoms with Crippen molar-refractivity contribution in [1.82, 2.24) is 0 Å². The van der Waals surface area contributed by atoms with Gasteiger partial charge in [0.1, 0.15) is 0 Å². The van der Waals surface area contributed by atoms with Gasteiger partial charge in [-0.1, -0.05) is 96.9 Å². The zero-order chi connectivity index (χ0) is 23.1. The van der Waals surface area contributed by atoms with Crippen LogP contribution in [-0.4, -0.2) is 0 Å². The van der Waals surface area contributed by atoms with Crippen molar-refractivity contribution in [2.24, 2.45) is 5.92 Å². The molecular weight excluding hydrogens is 384 g/mol. The van der Waals surface area contributed by atoms with Gasteiger partial charge >= 0.3 is 0 Å². The third-order valence-corrected chi connectivity index (χ3v) is 6.16. The summed E-state index contributed by atoms with van der Waals surface area (Å²) in [7, 11) is 0. The molecule has 32 heavy (non-hydrogen) atoms. The first-order valence-corrected chi connectivity index (χ1v) is 11.7. The van der Waals surface area contributed by atoms with Crippen molar-refractivity contribution in [3.05, 3.63) is 135 Å². The van der Waals surface area contributed by atoms with Gasteiger partial charge in [-0.3, -0.25) is 0 Å². The molecule has 1 aliphatic carbocycles. The van der Waals surface area contributed by atoms with E-state index in [1.807, 2.05) is 0 Å². The Kier molecular flexibility index (Phi) is 8.28. The monoisotopic (exact) mass is 421 g/mol. The average molecular weight is 422 g/mol. The van der Waals surface area contributed by atoms with Gasteiger partial charge in [0.05, 0.1) is 0 Å². The van der Waals surface area contributed by atoms with E-state index in [0.717, 1.165) is 12.8 Å². The van der Waals surface area contributed by atoms with Crippen LogP contribution in [0.25, 0.3) is 0 Å². The molecule has 0 saturated heterocycles. The molecule has 1 atom stereocenters.